The van der Waals surface area contributed by atoms with E-state index < -0.39 is 17.7 Å². The maximum atomic E-state index is 12.9. The fraction of sp³-hybridized carbons (Fsp3) is 0.478. The normalized spacial score (nSPS) is 15.6. The molecule has 32 heavy (non-hydrogen) atoms. The molecule has 6 nitrogen and oxygen atoms in total. The molecule has 1 amide bonds. The van der Waals surface area contributed by atoms with Crippen molar-refractivity contribution >= 4 is 11.9 Å². The zero-order valence-corrected chi connectivity index (χ0v) is 18.4. The molecule has 1 aromatic carbocycles. The van der Waals surface area contributed by atoms with Crippen LogP contribution >= 0.6 is 0 Å². The largest absolute Gasteiger partial charge is 0.465 e. The Morgan fingerprint density at radius 2 is 1.94 bits per heavy atom. The number of methoxy groups -OCH3 is 1. The van der Waals surface area contributed by atoms with Crippen molar-refractivity contribution in [2.75, 3.05) is 20.2 Å². The first-order chi connectivity index (χ1) is 15.1. The summed E-state index contributed by atoms with van der Waals surface area (Å²) in [4.78, 5) is 30.0. The average Bonchev–Trinajstić information content (AvgIpc) is 3.10. The second-order valence-corrected chi connectivity index (χ2v) is 8.05. The van der Waals surface area contributed by atoms with Gasteiger partial charge in [0.1, 0.15) is 5.69 Å². The van der Waals surface area contributed by atoms with E-state index >= 15 is 0 Å². The third-order valence-electron chi connectivity index (χ3n) is 5.88. The molecule has 0 aliphatic carbocycles. The molecule has 0 bridgehead atoms. The van der Waals surface area contributed by atoms with E-state index in [1.165, 1.54) is 19.2 Å². The van der Waals surface area contributed by atoms with Crippen LogP contribution in [0.15, 0.2) is 24.3 Å². The lowest BCUT2D eigenvalue weighted by Gasteiger charge is -2.32. The molecule has 1 aliphatic heterocycles. The van der Waals surface area contributed by atoms with Gasteiger partial charge in [0.15, 0.2) is 0 Å². The van der Waals surface area contributed by atoms with Gasteiger partial charge in [-0.3, -0.25) is 9.69 Å². The molecule has 1 saturated heterocycles. The molecule has 1 fully saturated rings. The quantitative estimate of drug-likeness (QED) is 0.649. The number of nitrogens with one attached hydrogen (secondary N) is 2. The van der Waals surface area contributed by atoms with Gasteiger partial charge >= 0.3 is 12.1 Å². The van der Waals surface area contributed by atoms with Gasteiger partial charge in [-0.1, -0.05) is 25.1 Å². The van der Waals surface area contributed by atoms with E-state index in [1.807, 2.05) is 6.92 Å². The third-order valence-corrected chi connectivity index (χ3v) is 5.88. The van der Waals surface area contributed by atoms with Crippen molar-refractivity contribution in [3.8, 4) is 0 Å². The number of carbonyl (C=O) groups excluding carboxylic acids is 2. The van der Waals surface area contributed by atoms with Gasteiger partial charge in [0.2, 0.25) is 0 Å². The second kappa shape index (κ2) is 9.77. The molecule has 0 radical (unpaired) electrons. The second-order valence-electron chi connectivity index (χ2n) is 8.05. The topological polar surface area (TPSA) is 74.4 Å². The van der Waals surface area contributed by atoms with Crippen LogP contribution in [-0.2, 0) is 23.9 Å². The average molecular weight is 451 g/mol. The number of carbonyl (C=O) groups is 2. The predicted octanol–water partition coefficient (Wildman–Crippen LogP) is 4.09. The molecule has 0 saturated carbocycles. The Morgan fingerprint density at radius 1 is 1.25 bits per heavy atom. The highest BCUT2D eigenvalue weighted by Crippen LogP contribution is 2.30. The minimum Gasteiger partial charge on any atom is -0.465 e. The van der Waals surface area contributed by atoms with Crippen LogP contribution in [0.25, 0.3) is 0 Å². The number of H-pyrrole nitrogens is 1. The van der Waals surface area contributed by atoms with E-state index in [4.69, 9.17) is 4.74 Å². The summed E-state index contributed by atoms with van der Waals surface area (Å²) in [7, 11) is 1.31. The van der Waals surface area contributed by atoms with Crippen LogP contribution in [0.3, 0.4) is 0 Å². The van der Waals surface area contributed by atoms with E-state index in [0.29, 0.717) is 67.0 Å². The molecular weight excluding hydrogens is 423 g/mol. The standard InChI is InChI=1S/C23H28F3N3O3/c1-4-18-19(22(31)32-3)14(2)20(28-18)21(30)27-17-8-10-29(11-9-17)13-15-6-5-7-16(12-15)23(24,25)26/h5-7,12,17,28H,4,8-11,13H2,1-3H3,(H,27,30). The SMILES string of the molecule is CCc1[nH]c(C(=O)NC2CCN(Cc3cccc(C(F)(F)F)c3)CC2)c(C)c1C(=O)OC. The van der Waals surface area contributed by atoms with Gasteiger partial charge in [-0.05, 0) is 43.4 Å². The van der Waals surface area contributed by atoms with Crippen LogP contribution < -0.4 is 5.32 Å². The lowest BCUT2D eigenvalue weighted by Crippen LogP contribution is -2.44. The van der Waals surface area contributed by atoms with Crippen molar-refractivity contribution in [1.82, 2.24) is 15.2 Å². The fourth-order valence-corrected chi connectivity index (χ4v) is 4.13. The Kier molecular flexibility index (Phi) is 7.28. The summed E-state index contributed by atoms with van der Waals surface area (Å²) in [6, 6.07) is 5.34. The van der Waals surface area contributed by atoms with Crippen LogP contribution in [0.5, 0.6) is 0 Å². The number of aromatic amines is 1. The number of likely N-dealkylation sites (tertiary alicyclic amines) is 1. The lowest BCUT2D eigenvalue weighted by molar-refractivity contribution is -0.137. The Morgan fingerprint density at radius 3 is 2.53 bits per heavy atom. The van der Waals surface area contributed by atoms with Gasteiger partial charge in [-0.25, -0.2) is 4.79 Å². The van der Waals surface area contributed by atoms with Crippen molar-refractivity contribution in [1.29, 1.82) is 0 Å². The number of piperidine rings is 1. The number of halogens is 3. The Bertz CT molecular complexity index is 977. The van der Waals surface area contributed by atoms with E-state index in [2.05, 4.69) is 15.2 Å². The molecule has 2 aromatic rings. The number of aromatic nitrogens is 1. The highest BCUT2D eigenvalue weighted by atomic mass is 19.4. The number of nitrogens with zero attached hydrogens (tertiary/aromatic N) is 1. The summed E-state index contributed by atoms with van der Waals surface area (Å²) in [5.41, 5.74) is 1.95. The molecule has 2 N–H and O–H groups in total. The monoisotopic (exact) mass is 451 g/mol. The molecule has 1 aliphatic rings. The van der Waals surface area contributed by atoms with Crippen LogP contribution in [0, 0.1) is 6.92 Å². The minimum atomic E-state index is -4.35. The van der Waals surface area contributed by atoms with Crippen molar-refractivity contribution in [2.24, 2.45) is 0 Å². The first kappa shape index (κ1) is 23.8. The molecule has 3 rings (SSSR count). The zero-order valence-electron chi connectivity index (χ0n) is 18.4. The van der Waals surface area contributed by atoms with E-state index in [-0.39, 0.29) is 11.9 Å². The number of hydrogen-bond acceptors (Lipinski definition) is 4. The van der Waals surface area contributed by atoms with Crippen LogP contribution in [0.2, 0.25) is 0 Å². The van der Waals surface area contributed by atoms with E-state index in [0.717, 1.165) is 6.07 Å². The zero-order chi connectivity index (χ0) is 23.5. The number of ether oxygens (including phenoxy) is 1. The fourth-order valence-electron chi connectivity index (χ4n) is 4.13. The summed E-state index contributed by atoms with van der Waals surface area (Å²) in [5.74, 6) is -0.749. The Hall–Kier alpha value is -2.81. The number of rotatable bonds is 6. The number of amides is 1. The summed E-state index contributed by atoms with van der Waals surface area (Å²) in [6.07, 6.45) is -2.41. The molecule has 2 heterocycles. The highest BCUT2D eigenvalue weighted by molar-refractivity contribution is 6.00. The summed E-state index contributed by atoms with van der Waals surface area (Å²) < 4.78 is 43.6. The highest BCUT2D eigenvalue weighted by Gasteiger charge is 2.31. The predicted molar refractivity (Wildman–Crippen MR) is 113 cm³/mol. The van der Waals surface area contributed by atoms with Gasteiger partial charge in [-0.2, -0.15) is 13.2 Å². The maximum absolute atomic E-state index is 12.9. The number of esters is 1. The molecule has 0 atom stereocenters. The number of aryl methyl sites for hydroxylation is 1. The van der Waals surface area contributed by atoms with Gasteiger partial charge in [0, 0.05) is 31.4 Å². The Balaban J connectivity index is 1.58. The van der Waals surface area contributed by atoms with Gasteiger partial charge < -0.3 is 15.0 Å². The molecule has 174 valence electrons. The van der Waals surface area contributed by atoms with Crippen molar-refractivity contribution in [3.63, 3.8) is 0 Å². The molecule has 0 spiro atoms. The molecule has 9 heteroatoms. The summed E-state index contributed by atoms with van der Waals surface area (Å²) in [5, 5.41) is 3.01. The molecule has 0 unspecified atom stereocenters. The van der Waals surface area contributed by atoms with E-state index in [9.17, 15) is 22.8 Å². The number of hydrogen-bond donors (Lipinski definition) is 2. The first-order valence-corrected chi connectivity index (χ1v) is 10.6. The van der Waals surface area contributed by atoms with E-state index in [1.54, 1.807) is 13.0 Å². The maximum Gasteiger partial charge on any atom is 0.416 e. The number of alkyl halides is 3. The molecular formula is C23H28F3N3O3. The van der Waals surface area contributed by atoms with Crippen LogP contribution in [0.4, 0.5) is 13.2 Å². The van der Waals surface area contributed by atoms with Crippen LogP contribution in [0.1, 0.15) is 63.0 Å². The minimum absolute atomic E-state index is 0.0467. The van der Waals surface area contributed by atoms with Gasteiger partial charge in [-0.15, -0.1) is 0 Å². The van der Waals surface area contributed by atoms with Crippen LogP contribution in [-0.4, -0.2) is 48.0 Å². The first-order valence-electron chi connectivity index (χ1n) is 10.6. The Labute approximate surface area is 185 Å². The summed E-state index contributed by atoms with van der Waals surface area (Å²) in [6.45, 7) is 5.37. The van der Waals surface area contributed by atoms with Crippen molar-refractivity contribution in [2.45, 2.75) is 51.9 Å². The van der Waals surface area contributed by atoms with Gasteiger partial charge in [0.25, 0.3) is 5.91 Å². The third kappa shape index (κ3) is 5.32. The lowest BCUT2D eigenvalue weighted by atomic mass is 10.0. The number of benzene rings is 1. The van der Waals surface area contributed by atoms with Crippen molar-refractivity contribution in [3.05, 3.63) is 57.9 Å². The molecule has 1 aromatic heterocycles. The van der Waals surface area contributed by atoms with Crippen molar-refractivity contribution < 1.29 is 27.5 Å². The summed E-state index contributed by atoms with van der Waals surface area (Å²) >= 11 is 0. The smallest absolute Gasteiger partial charge is 0.416 e. The van der Waals surface area contributed by atoms with Gasteiger partial charge in [0.05, 0.1) is 18.2 Å².